The topological polar surface area (TPSA) is 49.9 Å². The van der Waals surface area contributed by atoms with Gasteiger partial charge >= 0.3 is 0 Å². The van der Waals surface area contributed by atoms with Crippen LogP contribution in [0.25, 0.3) is 0 Å². The fourth-order valence-corrected chi connectivity index (χ4v) is 5.32. The highest BCUT2D eigenvalue weighted by Crippen LogP contribution is 2.46. The molecule has 3 aliphatic rings. The Balaban J connectivity index is 1.36. The molecule has 136 valence electrons. The predicted molar refractivity (Wildman–Crippen MR) is 96.0 cm³/mol. The summed E-state index contributed by atoms with van der Waals surface area (Å²) in [6.45, 7) is 8.02. The van der Waals surface area contributed by atoms with E-state index in [1.165, 1.54) is 0 Å². The number of rotatable bonds is 6. The minimum Gasteiger partial charge on any atom is -0.367 e. The highest BCUT2D eigenvalue weighted by molar-refractivity contribution is 8.01. The zero-order chi connectivity index (χ0) is 17.2. The summed E-state index contributed by atoms with van der Waals surface area (Å²) in [5.74, 6) is 1.96. The van der Waals surface area contributed by atoms with Crippen LogP contribution in [-0.4, -0.2) is 71.0 Å². The molecular formula is C18H30N2O3S. The van der Waals surface area contributed by atoms with Gasteiger partial charge in [-0.2, -0.15) is 0 Å². The molecule has 3 saturated heterocycles. The molecule has 3 rings (SSSR count). The molecule has 0 radical (unpaired) electrons. The van der Waals surface area contributed by atoms with E-state index in [4.69, 9.17) is 4.74 Å². The number of likely N-dealkylation sites (tertiary alicyclic amines) is 2. The van der Waals surface area contributed by atoms with Crippen LogP contribution in [0.2, 0.25) is 0 Å². The zero-order valence-corrected chi connectivity index (χ0v) is 15.8. The lowest BCUT2D eigenvalue weighted by Gasteiger charge is -2.47. The third kappa shape index (κ3) is 4.26. The van der Waals surface area contributed by atoms with Crippen molar-refractivity contribution in [1.29, 1.82) is 0 Å². The zero-order valence-electron chi connectivity index (χ0n) is 15.0. The van der Waals surface area contributed by atoms with Gasteiger partial charge in [-0.25, -0.2) is 0 Å². The van der Waals surface area contributed by atoms with Crippen LogP contribution in [0.1, 0.15) is 46.0 Å². The highest BCUT2D eigenvalue weighted by atomic mass is 32.2. The molecule has 0 saturated carbocycles. The van der Waals surface area contributed by atoms with Crippen molar-refractivity contribution in [3.05, 3.63) is 0 Å². The minimum absolute atomic E-state index is 0.137. The number of ether oxygens (including phenoxy) is 1. The normalized spacial score (nSPS) is 25.5. The summed E-state index contributed by atoms with van der Waals surface area (Å²) in [6.07, 6.45) is 5.01. The second-order valence-corrected chi connectivity index (χ2v) is 9.39. The quantitative estimate of drug-likeness (QED) is 0.733. The van der Waals surface area contributed by atoms with Gasteiger partial charge in [-0.15, -0.1) is 11.8 Å². The first kappa shape index (κ1) is 18.1. The number of hydrogen-bond acceptors (Lipinski definition) is 4. The monoisotopic (exact) mass is 354 g/mol. The number of carbonyl (C=O) groups is 2. The first-order valence-electron chi connectivity index (χ1n) is 9.28. The largest absolute Gasteiger partial charge is 0.367 e. The van der Waals surface area contributed by atoms with Crippen molar-refractivity contribution in [3.8, 4) is 0 Å². The van der Waals surface area contributed by atoms with Gasteiger partial charge in [0.2, 0.25) is 11.8 Å². The van der Waals surface area contributed by atoms with Crippen molar-refractivity contribution >= 4 is 23.6 Å². The average Bonchev–Trinajstić information content (AvgIpc) is 3.18. The molecule has 0 aromatic heterocycles. The van der Waals surface area contributed by atoms with Gasteiger partial charge in [-0.3, -0.25) is 9.59 Å². The summed E-state index contributed by atoms with van der Waals surface area (Å²) in [5, 5.41) is 0. The van der Waals surface area contributed by atoms with Crippen LogP contribution in [0.15, 0.2) is 0 Å². The van der Waals surface area contributed by atoms with Crippen LogP contribution in [0.4, 0.5) is 0 Å². The van der Waals surface area contributed by atoms with Gasteiger partial charge in [0, 0.05) is 38.4 Å². The van der Waals surface area contributed by atoms with E-state index in [0.717, 1.165) is 57.6 Å². The Kier molecular flexibility index (Phi) is 5.75. The van der Waals surface area contributed by atoms with Crippen molar-refractivity contribution in [1.82, 2.24) is 9.80 Å². The lowest BCUT2D eigenvalue weighted by atomic mass is 9.92. The van der Waals surface area contributed by atoms with Gasteiger partial charge in [0.25, 0.3) is 0 Å². The molecule has 0 bridgehead atoms. The van der Waals surface area contributed by atoms with E-state index in [-0.39, 0.29) is 23.4 Å². The Morgan fingerprint density at radius 1 is 1.17 bits per heavy atom. The maximum absolute atomic E-state index is 12.1. The van der Waals surface area contributed by atoms with Gasteiger partial charge in [-0.05, 0) is 31.6 Å². The number of hydrogen-bond donors (Lipinski definition) is 0. The van der Waals surface area contributed by atoms with E-state index >= 15 is 0 Å². The molecule has 0 N–H and O–H groups in total. The van der Waals surface area contributed by atoms with E-state index in [2.05, 4.69) is 13.8 Å². The van der Waals surface area contributed by atoms with Gasteiger partial charge in [0.05, 0.1) is 10.9 Å². The average molecular weight is 355 g/mol. The summed E-state index contributed by atoms with van der Waals surface area (Å²) in [5.41, 5.74) is 0. The maximum atomic E-state index is 12.1. The highest BCUT2D eigenvalue weighted by Gasteiger charge is 2.50. The van der Waals surface area contributed by atoms with Crippen molar-refractivity contribution in [2.45, 2.75) is 56.8 Å². The summed E-state index contributed by atoms with van der Waals surface area (Å²) in [4.78, 5) is 28.1. The second kappa shape index (κ2) is 7.65. The first-order valence-corrected chi connectivity index (χ1v) is 10.3. The van der Waals surface area contributed by atoms with E-state index in [1.807, 2.05) is 21.6 Å². The molecule has 0 aromatic carbocycles. The summed E-state index contributed by atoms with van der Waals surface area (Å²) >= 11 is 1.93. The van der Waals surface area contributed by atoms with Crippen LogP contribution in [-0.2, 0) is 14.3 Å². The molecule has 24 heavy (non-hydrogen) atoms. The van der Waals surface area contributed by atoms with E-state index in [0.29, 0.717) is 18.2 Å². The van der Waals surface area contributed by atoms with Gasteiger partial charge < -0.3 is 14.5 Å². The molecule has 0 aliphatic carbocycles. The van der Waals surface area contributed by atoms with Crippen molar-refractivity contribution < 1.29 is 14.3 Å². The van der Waals surface area contributed by atoms with Crippen molar-refractivity contribution in [2.24, 2.45) is 5.92 Å². The molecule has 1 atom stereocenters. The molecule has 0 aromatic rings. The SMILES string of the molecule is CC(C)CCC(=O)N1CC2(C[C@H](OCC(=O)N3CCCC3)CS2)C1. The van der Waals surface area contributed by atoms with Gasteiger partial charge in [-0.1, -0.05) is 13.8 Å². The summed E-state index contributed by atoms with van der Waals surface area (Å²) in [6, 6.07) is 0. The fraction of sp³-hybridized carbons (Fsp3) is 0.889. The minimum atomic E-state index is 0.137. The van der Waals surface area contributed by atoms with Crippen molar-refractivity contribution in [3.63, 3.8) is 0 Å². The number of carbonyl (C=O) groups excluding carboxylic acids is 2. The lowest BCUT2D eigenvalue weighted by Crippen LogP contribution is -2.60. The summed E-state index contributed by atoms with van der Waals surface area (Å²) < 4.78 is 6.06. The van der Waals surface area contributed by atoms with Crippen LogP contribution in [0.3, 0.4) is 0 Å². The molecular weight excluding hydrogens is 324 g/mol. The molecule has 6 heteroatoms. The van der Waals surface area contributed by atoms with Gasteiger partial charge in [0.1, 0.15) is 6.61 Å². The van der Waals surface area contributed by atoms with Gasteiger partial charge in [0.15, 0.2) is 0 Å². The van der Waals surface area contributed by atoms with Crippen LogP contribution < -0.4 is 0 Å². The summed E-state index contributed by atoms with van der Waals surface area (Å²) in [7, 11) is 0. The van der Waals surface area contributed by atoms with Crippen LogP contribution in [0, 0.1) is 5.92 Å². The Morgan fingerprint density at radius 3 is 2.54 bits per heavy atom. The van der Waals surface area contributed by atoms with E-state index in [1.54, 1.807) is 0 Å². The Labute approximate surface area is 149 Å². The third-order valence-electron chi connectivity index (χ3n) is 5.32. The number of nitrogens with zero attached hydrogens (tertiary/aromatic N) is 2. The molecule has 3 aliphatic heterocycles. The smallest absolute Gasteiger partial charge is 0.248 e. The van der Waals surface area contributed by atoms with Crippen molar-refractivity contribution in [2.75, 3.05) is 38.5 Å². The molecule has 3 heterocycles. The lowest BCUT2D eigenvalue weighted by molar-refractivity contribution is -0.138. The van der Waals surface area contributed by atoms with E-state index in [9.17, 15) is 9.59 Å². The Hall–Kier alpha value is -0.750. The molecule has 1 spiro atoms. The Bertz CT molecular complexity index is 471. The molecule has 5 nitrogen and oxygen atoms in total. The fourth-order valence-electron chi connectivity index (χ4n) is 3.77. The number of thioether (sulfide) groups is 1. The predicted octanol–water partition coefficient (Wildman–Crippen LogP) is 2.15. The molecule has 3 fully saturated rings. The molecule has 2 amide bonds. The maximum Gasteiger partial charge on any atom is 0.248 e. The van der Waals surface area contributed by atoms with Crippen LogP contribution in [0.5, 0.6) is 0 Å². The number of amides is 2. The standard InChI is InChI=1S/C18H30N2O3S/c1-14(2)5-6-16(21)20-12-18(13-20)9-15(11-24-18)23-10-17(22)19-7-3-4-8-19/h14-15H,3-13H2,1-2H3/t15-/m0/s1. The first-order chi connectivity index (χ1) is 11.5. The third-order valence-corrected chi connectivity index (χ3v) is 6.90. The van der Waals surface area contributed by atoms with Crippen LogP contribution >= 0.6 is 11.8 Å². The Morgan fingerprint density at radius 2 is 1.88 bits per heavy atom. The second-order valence-electron chi connectivity index (χ2n) is 7.90. The molecule has 0 unspecified atom stereocenters. The van der Waals surface area contributed by atoms with E-state index < -0.39 is 0 Å².